The number of aliphatic hydroxyl groups is 1. The number of nitrogens with zero attached hydrogens (tertiary/aromatic N) is 1. The predicted octanol–water partition coefficient (Wildman–Crippen LogP) is 2.85. The molecule has 1 aromatic rings. The maximum Gasteiger partial charge on any atom is 0.317 e. The Labute approximate surface area is 143 Å². The highest BCUT2D eigenvalue weighted by Crippen LogP contribution is 2.48. The molecule has 2 amide bonds. The van der Waals surface area contributed by atoms with Gasteiger partial charge in [-0.25, -0.2) is 4.79 Å². The van der Waals surface area contributed by atoms with Gasteiger partial charge in [0.15, 0.2) is 0 Å². The van der Waals surface area contributed by atoms with Crippen molar-refractivity contribution < 1.29 is 14.6 Å². The van der Waals surface area contributed by atoms with Crippen LogP contribution in [0.15, 0.2) is 24.3 Å². The first-order chi connectivity index (χ1) is 11.6. The second-order valence-corrected chi connectivity index (χ2v) is 7.67. The quantitative estimate of drug-likeness (QED) is 0.892. The number of benzene rings is 1. The molecule has 1 heterocycles. The summed E-state index contributed by atoms with van der Waals surface area (Å²) in [7, 11) is 1.76. The highest BCUT2D eigenvalue weighted by Gasteiger charge is 2.46. The maximum atomic E-state index is 12.6. The maximum absolute atomic E-state index is 12.6. The monoisotopic (exact) mass is 330 g/mol. The SMILES string of the molecule is CN(CC(O)C1CC1)C(=O)NC1CC2(CCC2)Oc2ccccc21. The molecule has 2 aliphatic carbocycles. The predicted molar refractivity (Wildman–Crippen MR) is 90.9 cm³/mol. The van der Waals surface area contributed by atoms with Crippen molar-refractivity contribution in [2.45, 2.75) is 56.3 Å². The Balaban J connectivity index is 1.45. The summed E-state index contributed by atoms with van der Waals surface area (Å²) in [6, 6.07) is 7.85. The number of hydrogen-bond acceptors (Lipinski definition) is 3. The standard InChI is InChI=1S/C19H26N2O3/c1-21(12-16(22)13-7-8-13)18(23)20-15-11-19(9-4-10-19)24-17-6-3-2-5-14(15)17/h2-3,5-6,13,15-16,22H,4,7-12H2,1H3,(H,20,23). The third kappa shape index (κ3) is 2.97. The Kier molecular flexibility index (Phi) is 3.91. The number of carbonyl (C=O) groups excluding carboxylic acids is 1. The van der Waals surface area contributed by atoms with Gasteiger partial charge in [-0.2, -0.15) is 0 Å². The number of likely N-dealkylation sites (N-methyl/N-ethyl adjacent to an activating group) is 1. The number of aliphatic hydroxyl groups excluding tert-OH is 1. The van der Waals surface area contributed by atoms with E-state index in [-0.39, 0.29) is 17.7 Å². The first-order valence-corrected chi connectivity index (χ1v) is 9.04. The molecule has 1 aliphatic heterocycles. The molecule has 2 fully saturated rings. The zero-order chi connectivity index (χ0) is 16.7. The Morgan fingerprint density at radius 3 is 2.83 bits per heavy atom. The van der Waals surface area contributed by atoms with E-state index in [9.17, 15) is 9.90 Å². The van der Waals surface area contributed by atoms with Crippen LogP contribution in [0.3, 0.4) is 0 Å². The summed E-state index contributed by atoms with van der Waals surface area (Å²) in [4.78, 5) is 14.2. The molecular weight excluding hydrogens is 304 g/mol. The zero-order valence-corrected chi connectivity index (χ0v) is 14.2. The molecule has 2 saturated carbocycles. The van der Waals surface area contributed by atoms with E-state index in [0.717, 1.165) is 43.4 Å². The van der Waals surface area contributed by atoms with Crippen molar-refractivity contribution in [3.63, 3.8) is 0 Å². The molecule has 0 aromatic heterocycles. The molecule has 2 N–H and O–H groups in total. The minimum absolute atomic E-state index is 0.0248. The van der Waals surface area contributed by atoms with Crippen LogP contribution >= 0.6 is 0 Å². The van der Waals surface area contributed by atoms with Crippen LogP contribution in [0.1, 0.15) is 50.1 Å². The van der Waals surface area contributed by atoms with Crippen LogP contribution in [0.25, 0.3) is 0 Å². The molecule has 4 rings (SSSR count). The largest absolute Gasteiger partial charge is 0.487 e. The average Bonchev–Trinajstić information content (AvgIpc) is 3.38. The number of nitrogens with one attached hydrogen (secondary N) is 1. The minimum atomic E-state index is -0.402. The molecule has 0 bridgehead atoms. The Hall–Kier alpha value is -1.75. The zero-order valence-electron chi connectivity index (χ0n) is 14.2. The molecule has 130 valence electrons. The lowest BCUT2D eigenvalue weighted by atomic mass is 9.73. The summed E-state index contributed by atoms with van der Waals surface area (Å²) in [5, 5.41) is 13.2. The van der Waals surface area contributed by atoms with Crippen molar-refractivity contribution in [1.82, 2.24) is 10.2 Å². The van der Waals surface area contributed by atoms with Crippen molar-refractivity contribution in [1.29, 1.82) is 0 Å². The fourth-order valence-corrected chi connectivity index (χ4v) is 3.88. The van der Waals surface area contributed by atoms with Gasteiger partial charge >= 0.3 is 6.03 Å². The van der Waals surface area contributed by atoms with E-state index in [4.69, 9.17) is 4.74 Å². The van der Waals surface area contributed by atoms with Crippen LogP contribution in [0.5, 0.6) is 5.75 Å². The van der Waals surface area contributed by atoms with Crippen molar-refractivity contribution in [3.05, 3.63) is 29.8 Å². The number of carbonyl (C=O) groups is 1. The van der Waals surface area contributed by atoms with Gasteiger partial charge in [0.25, 0.3) is 0 Å². The Bertz CT molecular complexity index is 625. The third-order valence-corrected chi connectivity index (χ3v) is 5.73. The van der Waals surface area contributed by atoms with E-state index < -0.39 is 6.10 Å². The number of urea groups is 1. The van der Waals surface area contributed by atoms with E-state index in [1.165, 1.54) is 6.42 Å². The topological polar surface area (TPSA) is 61.8 Å². The van der Waals surface area contributed by atoms with Crippen LogP contribution in [-0.4, -0.2) is 41.3 Å². The van der Waals surface area contributed by atoms with E-state index in [0.29, 0.717) is 12.5 Å². The third-order valence-electron chi connectivity index (χ3n) is 5.73. The average molecular weight is 330 g/mol. The molecule has 0 saturated heterocycles. The van der Waals surface area contributed by atoms with E-state index in [2.05, 4.69) is 5.32 Å². The smallest absolute Gasteiger partial charge is 0.317 e. The summed E-state index contributed by atoms with van der Waals surface area (Å²) in [5.74, 6) is 1.27. The molecule has 1 spiro atoms. The molecule has 24 heavy (non-hydrogen) atoms. The number of amides is 2. The van der Waals surface area contributed by atoms with Gasteiger partial charge in [0.05, 0.1) is 12.1 Å². The molecule has 0 radical (unpaired) electrons. The second kappa shape index (κ2) is 5.96. The summed E-state index contributed by atoms with van der Waals surface area (Å²) >= 11 is 0. The molecule has 2 unspecified atom stereocenters. The lowest BCUT2D eigenvalue weighted by Gasteiger charge is -2.48. The summed E-state index contributed by atoms with van der Waals surface area (Å²) in [5.41, 5.74) is 0.956. The van der Waals surface area contributed by atoms with Crippen LogP contribution in [0.2, 0.25) is 0 Å². The normalized spacial score (nSPS) is 25.2. The lowest BCUT2D eigenvalue weighted by Crippen LogP contribution is -2.51. The molecule has 2 atom stereocenters. The number of hydrogen-bond donors (Lipinski definition) is 2. The van der Waals surface area contributed by atoms with Gasteiger partial charge in [0.2, 0.25) is 0 Å². The van der Waals surface area contributed by atoms with Gasteiger partial charge in [-0.3, -0.25) is 0 Å². The van der Waals surface area contributed by atoms with Gasteiger partial charge in [-0.05, 0) is 44.1 Å². The fourth-order valence-electron chi connectivity index (χ4n) is 3.88. The van der Waals surface area contributed by atoms with E-state index in [1.54, 1.807) is 11.9 Å². The molecule has 3 aliphatic rings. The second-order valence-electron chi connectivity index (χ2n) is 7.67. The van der Waals surface area contributed by atoms with Crippen molar-refractivity contribution in [2.75, 3.05) is 13.6 Å². The van der Waals surface area contributed by atoms with Crippen LogP contribution in [-0.2, 0) is 0 Å². The highest BCUT2D eigenvalue weighted by atomic mass is 16.5. The first-order valence-electron chi connectivity index (χ1n) is 9.04. The van der Waals surface area contributed by atoms with Gasteiger partial charge in [0, 0.05) is 25.6 Å². The highest BCUT2D eigenvalue weighted by molar-refractivity contribution is 5.74. The summed E-state index contributed by atoms with van der Waals surface area (Å²) in [6.07, 6.45) is 5.89. The fraction of sp³-hybridized carbons (Fsp3) is 0.632. The van der Waals surface area contributed by atoms with Gasteiger partial charge in [0.1, 0.15) is 11.4 Å². The van der Waals surface area contributed by atoms with E-state index in [1.807, 2.05) is 24.3 Å². The van der Waals surface area contributed by atoms with Crippen LogP contribution < -0.4 is 10.1 Å². The number of fused-ring (bicyclic) bond motifs is 1. The van der Waals surface area contributed by atoms with Crippen molar-refractivity contribution in [2.24, 2.45) is 5.92 Å². The van der Waals surface area contributed by atoms with Crippen molar-refractivity contribution in [3.8, 4) is 5.75 Å². The summed E-state index contributed by atoms with van der Waals surface area (Å²) in [6.45, 7) is 0.395. The van der Waals surface area contributed by atoms with E-state index >= 15 is 0 Å². The van der Waals surface area contributed by atoms with Gasteiger partial charge < -0.3 is 20.1 Å². The Morgan fingerprint density at radius 2 is 2.17 bits per heavy atom. The van der Waals surface area contributed by atoms with Crippen molar-refractivity contribution >= 4 is 6.03 Å². The van der Waals surface area contributed by atoms with Gasteiger partial charge in [-0.1, -0.05) is 18.2 Å². The van der Waals surface area contributed by atoms with Crippen LogP contribution in [0.4, 0.5) is 4.79 Å². The first kappa shape index (κ1) is 15.8. The molecule has 1 aromatic carbocycles. The summed E-state index contributed by atoms with van der Waals surface area (Å²) < 4.78 is 6.23. The minimum Gasteiger partial charge on any atom is -0.487 e. The Morgan fingerprint density at radius 1 is 1.42 bits per heavy atom. The van der Waals surface area contributed by atoms with Crippen LogP contribution in [0, 0.1) is 5.92 Å². The molecule has 5 heteroatoms. The van der Waals surface area contributed by atoms with Gasteiger partial charge in [-0.15, -0.1) is 0 Å². The lowest BCUT2D eigenvalue weighted by molar-refractivity contribution is -0.0360. The molecule has 5 nitrogen and oxygen atoms in total. The number of ether oxygens (including phenoxy) is 1. The number of para-hydroxylation sites is 1. The molecular formula is C19H26N2O3. The number of rotatable bonds is 4.